The molecule has 1 saturated heterocycles. The predicted octanol–water partition coefficient (Wildman–Crippen LogP) is 5.04. The minimum atomic E-state index is 0.520. The number of thiazole rings is 1. The van der Waals surface area contributed by atoms with Crippen LogP contribution in [0.25, 0.3) is 11.3 Å². The minimum absolute atomic E-state index is 0.520. The fourth-order valence-electron chi connectivity index (χ4n) is 3.84. The van der Waals surface area contributed by atoms with Crippen molar-refractivity contribution in [3.8, 4) is 11.3 Å². The molecule has 1 aliphatic rings. The third kappa shape index (κ3) is 3.74. The van der Waals surface area contributed by atoms with E-state index in [2.05, 4.69) is 58.6 Å². The van der Waals surface area contributed by atoms with E-state index in [9.17, 15) is 0 Å². The first-order valence-electron chi connectivity index (χ1n) is 9.46. The third-order valence-corrected chi connectivity index (χ3v) is 6.05. The van der Waals surface area contributed by atoms with E-state index < -0.39 is 0 Å². The number of nitrogens with one attached hydrogen (secondary N) is 1. The molecule has 3 aromatic rings. The highest BCUT2D eigenvalue weighted by Crippen LogP contribution is 2.32. The van der Waals surface area contributed by atoms with Crippen LogP contribution in [0.3, 0.4) is 0 Å². The Morgan fingerprint density at radius 3 is 2.92 bits per heavy atom. The topological polar surface area (TPSA) is 44.8 Å². The Kier molecular flexibility index (Phi) is 5.18. The molecule has 1 N–H and O–H groups in total. The molecular formula is C21H26N4S. The second kappa shape index (κ2) is 7.72. The summed E-state index contributed by atoms with van der Waals surface area (Å²) in [4.78, 5) is 7.41. The van der Waals surface area contributed by atoms with Crippen molar-refractivity contribution in [2.24, 2.45) is 0 Å². The van der Waals surface area contributed by atoms with E-state index >= 15 is 0 Å². The molecule has 1 aromatic carbocycles. The molecule has 4 nitrogen and oxygen atoms in total. The van der Waals surface area contributed by atoms with Gasteiger partial charge in [0.2, 0.25) is 0 Å². The molecule has 0 aliphatic carbocycles. The number of aromatic amines is 1. The van der Waals surface area contributed by atoms with Gasteiger partial charge < -0.3 is 0 Å². The average Bonchev–Trinajstić information content (AvgIpc) is 3.32. The van der Waals surface area contributed by atoms with Crippen LogP contribution in [0, 0.1) is 0 Å². The van der Waals surface area contributed by atoms with Gasteiger partial charge in [0.15, 0.2) is 0 Å². The molecule has 26 heavy (non-hydrogen) atoms. The van der Waals surface area contributed by atoms with E-state index in [-0.39, 0.29) is 0 Å². The third-order valence-electron chi connectivity index (χ3n) is 5.22. The number of benzene rings is 1. The molecule has 2 aromatic heterocycles. The number of hydrogen-bond acceptors (Lipinski definition) is 4. The highest BCUT2D eigenvalue weighted by atomic mass is 32.1. The van der Waals surface area contributed by atoms with Gasteiger partial charge in [0.05, 0.1) is 18.4 Å². The molecular weight excluding hydrogens is 340 g/mol. The number of piperidine rings is 1. The molecule has 1 atom stereocenters. The van der Waals surface area contributed by atoms with Crippen LogP contribution < -0.4 is 0 Å². The molecule has 1 fully saturated rings. The molecule has 0 amide bonds. The van der Waals surface area contributed by atoms with E-state index in [1.807, 2.05) is 12.3 Å². The van der Waals surface area contributed by atoms with Crippen LogP contribution in [0.5, 0.6) is 0 Å². The van der Waals surface area contributed by atoms with Crippen LogP contribution in [-0.2, 0) is 6.54 Å². The van der Waals surface area contributed by atoms with Gasteiger partial charge in [-0.05, 0) is 30.9 Å². The summed E-state index contributed by atoms with van der Waals surface area (Å²) in [5, 5.41) is 11.0. The van der Waals surface area contributed by atoms with Crippen molar-refractivity contribution in [3.63, 3.8) is 0 Å². The minimum Gasteiger partial charge on any atom is -0.296 e. The van der Waals surface area contributed by atoms with Crippen molar-refractivity contribution in [2.45, 2.75) is 45.1 Å². The Bertz CT molecular complexity index is 837. The molecule has 1 aliphatic heterocycles. The predicted molar refractivity (Wildman–Crippen MR) is 107 cm³/mol. The summed E-state index contributed by atoms with van der Waals surface area (Å²) >= 11 is 1.77. The lowest BCUT2D eigenvalue weighted by atomic mass is 9.89. The van der Waals surface area contributed by atoms with Crippen LogP contribution >= 0.6 is 11.3 Å². The van der Waals surface area contributed by atoms with Crippen molar-refractivity contribution < 1.29 is 0 Å². The zero-order chi connectivity index (χ0) is 17.9. The van der Waals surface area contributed by atoms with Crippen LogP contribution in [0.2, 0.25) is 0 Å². The number of aromatic nitrogens is 3. The largest absolute Gasteiger partial charge is 0.296 e. The molecule has 1 unspecified atom stereocenters. The van der Waals surface area contributed by atoms with E-state index in [0.717, 1.165) is 25.3 Å². The maximum Gasteiger partial charge on any atom is 0.107 e. The SMILES string of the molecule is CC(C)c1cn[nH]c1C1CCCN(Cc2nc(-c3ccccc3)cs2)C1. The number of rotatable bonds is 5. The van der Waals surface area contributed by atoms with E-state index in [1.54, 1.807) is 11.3 Å². The molecule has 0 bridgehead atoms. The summed E-state index contributed by atoms with van der Waals surface area (Å²) in [6.45, 7) is 7.68. The molecule has 136 valence electrons. The van der Waals surface area contributed by atoms with Crippen molar-refractivity contribution in [3.05, 3.63) is 58.2 Å². The van der Waals surface area contributed by atoms with Crippen LogP contribution in [0.4, 0.5) is 0 Å². The average molecular weight is 367 g/mol. The maximum absolute atomic E-state index is 4.86. The first kappa shape index (κ1) is 17.4. The van der Waals surface area contributed by atoms with Crippen molar-refractivity contribution in [1.82, 2.24) is 20.1 Å². The second-order valence-electron chi connectivity index (χ2n) is 7.46. The second-order valence-corrected chi connectivity index (χ2v) is 8.40. The highest BCUT2D eigenvalue weighted by molar-refractivity contribution is 7.09. The van der Waals surface area contributed by atoms with Crippen LogP contribution in [0.1, 0.15) is 54.8 Å². The number of hydrogen-bond donors (Lipinski definition) is 1. The summed E-state index contributed by atoms with van der Waals surface area (Å²) in [5.74, 6) is 1.07. The summed E-state index contributed by atoms with van der Waals surface area (Å²) in [6.07, 6.45) is 4.48. The smallest absolute Gasteiger partial charge is 0.107 e. The standard InChI is InChI=1S/C21H26N4S/c1-15(2)18-11-22-24-21(18)17-9-6-10-25(12-17)13-20-23-19(14-26-20)16-7-4-3-5-8-16/h3-5,7-8,11,14-15,17H,6,9-10,12-13H2,1-2H3,(H,22,24). The molecule has 4 rings (SSSR count). The van der Waals surface area contributed by atoms with Crippen molar-refractivity contribution in [1.29, 1.82) is 0 Å². The normalized spacial score (nSPS) is 18.5. The zero-order valence-corrected chi connectivity index (χ0v) is 16.3. The van der Waals surface area contributed by atoms with Crippen LogP contribution in [-0.4, -0.2) is 33.2 Å². The highest BCUT2D eigenvalue weighted by Gasteiger charge is 2.26. The molecule has 3 heterocycles. The van der Waals surface area contributed by atoms with Gasteiger partial charge in [-0.25, -0.2) is 4.98 Å². The van der Waals surface area contributed by atoms with Gasteiger partial charge in [-0.15, -0.1) is 11.3 Å². The van der Waals surface area contributed by atoms with Gasteiger partial charge in [-0.2, -0.15) is 5.10 Å². The molecule has 0 spiro atoms. The Morgan fingerprint density at radius 2 is 2.12 bits per heavy atom. The number of H-pyrrole nitrogens is 1. The van der Waals surface area contributed by atoms with Gasteiger partial charge in [0.1, 0.15) is 5.01 Å². The fourth-order valence-corrected chi connectivity index (χ4v) is 4.69. The summed E-state index contributed by atoms with van der Waals surface area (Å²) in [7, 11) is 0. The summed E-state index contributed by atoms with van der Waals surface area (Å²) < 4.78 is 0. The van der Waals surface area contributed by atoms with E-state index in [0.29, 0.717) is 11.8 Å². The summed E-state index contributed by atoms with van der Waals surface area (Å²) in [5.41, 5.74) is 5.01. The van der Waals surface area contributed by atoms with Gasteiger partial charge in [0, 0.05) is 29.1 Å². The fraction of sp³-hybridized carbons (Fsp3) is 0.429. The van der Waals surface area contributed by atoms with Gasteiger partial charge >= 0.3 is 0 Å². The Morgan fingerprint density at radius 1 is 1.27 bits per heavy atom. The molecule has 0 radical (unpaired) electrons. The number of nitrogens with zero attached hydrogens (tertiary/aromatic N) is 3. The van der Waals surface area contributed by atoms with Crippen LogP contribution in [0.15, 0.2) is 41.9 Å². The van der Waals surface area contributed by atoms with E-state index in [1.165, 1.54) is 34.7 Å². The first-order chi connectivity index (χ1) is 12.7. The monoisotopic (exact) mass is 366 g/mol. The zero-order valence-electron chi connectivity index (χ0n) is 15.5. The lowest BCUT2D eigenvalue weighted by Crippen LogP contribution is -2.34. The lowest BCUT2D eigenvalue weighted by molar-refractivity contribution is 0.198. The van der Waals surface area contributed by atoms with Gasteiger partial charge in [0.25, 0.3) is 0 Å². The lowest BCUT2D eigenvalue weighted by Gasteiger charge is -2.32. The van der Waals surface area contributed by atoms with Crippen molar-refractivity contribution >= 4 is 11.3 Å². The number of likely N-dealkylation sites (tertiary alicyclic amines) is 1. The quantitative estimate of drug-likeness (QED) is 0.688. The van der Waals surface area contributed by atoms with Crippen molar-refractivity contribution in [2.75, 3.05) is 13.1 Å². The summed E-state index contributed by atoms with van der Waals surface area (Å²) in [6, 6.07) is 10.4. The maximum atomic E-state index is 4.86. The van der Waals surface area contributed by atoms with E-state index in [4.69, 9.17) is 4.98 Å². The molecule has 5 heteroatoms. The first-order valence-corrected chi connectivity index (χ1v) is 10.3. The Balaban J connectivity index is 1.44. The Hall–Kier alpha value is -1.98. The van der Waals surface area contributed by atoms with Gasteiger partial charge in [-0.1, -0.05) is 44.2 Å². The molecule has 0 saturated carbocycles. The van der Waals surface area contributed by atoms with Gasteiger partial charge in [-0.3, -0.25) is 10.00 Å². The Labute approximate surface area is 159 Å².